The Kier molecular flexibility index (Phi) is 2.68. The Bertz CT molecular complexity index is 277. The standard InChI is InChI=1S/C13H23NO/c1-9(2)10(3)13(15)7-11-5-6-12(8-13)14(11)4/h11-12,15H,5-8H2,1-4H3. The summed E-state index contributed by atoms with van der Waals surface area (Å²) >= 11 is 0. The van der Waals surface area contributed by atoms with E-state index in [9.17, 15) is 5.11 Å². The smallest absolute Gasteiger partial charge is 0.0886 e. The van der Waals surface area contributed by atoms with Gasteiger partial charge < -0.3 is 10.0 Å². The highest BCUT2D eigenvalue weighted by Crippen LogP contribution is 2.43. The largest absolute Gasteiger partial charge is 0.385 e. The first-order valence-electron chi connectivity index (χ1n) is 6.03. The summed E-state index contributed by atoms with van der Waals surface area (Å²) in [6.45, 7) is 6.31. The maximum atomic E-state index is 10.7. The molecule has 0 aromatic carbocycles. The lowest BCUT2D eigenvalue weighted by Crippen LogP contribution is -2.50. The predicted molar refractivity (Wildman–Crippen MR) is 62.8 cm³/mol. The van der Waals surface area contributed by atoms with E-state index in [4.69, 9.17) is 0 Å². The molecular formula is C13H23NO. The second-order valence-electron chi connectivity index (χ2n) is 5.62. The zero-order valence-electron chi connectivity index (χ0n) is 10.4. The molecule has 0 aromatic heterocycles. The number of hydrogen-bond donors (Lipinski definition) is 1. The fourth-order valence-corrected chi connectivity index (χ4v) is 3.22. The number of hydrogen-bond acceptors (Lipinski definition) is 2. The van der Waals surface area contributed by atoms with Gasteiger partial charge in [-0.15, -0.1) is 0 Å². The Hall–Kier alpha value is -0.340. The molecular weight excluding hydrogens is 186 g/mol. The summed E-state index contributed by atoms with van der Waals surface area (Å²) in [5.41, 5.74) is 1.96. The summed E-state index contributed by atoms with van der Waals surface area (Å²) in [7, 11) is 2.21. The van der Waals surface area contributed by atoms with Crippen LogP contribution >= 0.6 is 0 Å². The average Bonchev–Trinajstić information content (AvgIpc) is 2.40. The van der Waals surface area contributed by atoms with Gasteiger partial charge in [-0.1, -0.05) is 5.57 Å². The van der Waals surface area contributed by atoms with Crippen molar-refractivity contribution in [3.63, 3.8) is 0 Å². The van der Waals surface area contributed by atoms with Crippen molar-refractivity contribution < 1.29 is 5.11 Å². The van der Waals surface area contributed by atoms with Crippen LogP contribution in [0.4, 0.5) is 0 Å². The van der Waals surface area contributed by atoms with E-state index in [1.54, 1.807) is 0 Å². The fourth-order valence-electron chi connectivity index (χ4n) is 3.22. The molecule has 0 amide bonds. The minimum atomic E-state index is -0.517. The Morgan fingerprint density at radius 3 is 2.00 bits per heavy atom. The first-order valence-corrected chi connectivity index (χ1v) is 6.03. The van der Waals surface area contributed by atoms with Crippen molar-refractivity contribution >= 4 is 0 Å². The summed E-state index contributed by atoms with van der Waals surface area (Å²) in [6, 6.07) is 1.20. The SMILES string of the molecule is CC(C)=C(C)C1(O)CC2CCC(C1)N2C. The third-order valence-electron chi connectivity index (χ3n) is 4.58. The van der Waals surface area contributed by atoms with Crippen LogP contribution in [0.15, 0.2) is 11.1 Å². The molecule has 0 aromatic rings. The van der Waals surface area contributed by atoms with E-state index in [1.807, 2.05) is 0 Å². The molecule has 2 heterocycles. The second-order valence-corrected chi connectivity index (χ2v) is 5.62. The van der Waals surface area contributed by atoms with Crippen LogP contribution < -0.4 is 0 Å². The molecule has 0 spiro atoms. The van der Waals surface area contributed by atoms with Gasteiger partial charge >= 0.3 is 0 Å². The van der Waals surface area contributed by atoms with Crippen molar-refractivity contribution in [1.29, 1.82) is 0 Å². The van der Waals surface area contributed by atoms with E-state index in [2.05, 4.69) is 32.7 Å². The van der Waals surface area contributed by atoms with Gasteiger partial charge in [-0.3, -0.25) is 0 Å². The molecule has 2 aliphatic rings. The molecule has 15 heavy (non-hydrogen) atoms. The maximum absolute atomic E-state index is 10.7. The molecule has 0 radical (unpaired) electrons. The summed E-state index contributed by atoms with van der Waals surface area (Å²) in [5.74, 6) is 0. The zero-order valence-corrected chi connectivity index (χ0v) is 10.4. The molecule has 0 saturated carbocycles. The molecule has 2 bridgehead atoms. The average molecular weight is 209 g/mol. The summed E-state index contributed by atoms with van der Waals surface area (Å²) in [4.78, 5) is 2.47. The molecule has 2 saturated heterocycles. The molecule has 2 fully saturated rings. The normalized spacial score (nSPS) is 40.6. The van der Waals surface area contributed by atoms with Gasteiger partial charge in [0.25, 0.3) is 0 Å². The van der Waals surface area contributed by atoms with E-state index in [0.29, 0.717) is 12.1 Å². The first kappa shape index (κ1) is 11.2. The van der Waals surface area contributed by atoms with E-state index >= 15 is 0 Å². The zero-order chi connectivity index (χ0) is 11.2. The molecule has 0 aliphatic carbocycles. The summed E-state index contributed by atoms with van der Waals surface area (Å²) in [5, 5.41) is 10.7. The molecule has 1 N–H and O–H groups in total. The van der Waals surface area contributed by atoms with Gasteiger partial charge in [-0.05, 0) is 59.1 Å². The van der Waals surface area contributed by atoms with Crippen molar-refractivity contribution in [2.24, 2.45) is 0 Å². The predicted octanol–water partition coefficient (Wildman–Crippen LogP) is 2.33. The summed E-state index contributed by atoms with van der Waals surface area (Å²) < 4.78 is 0. The molecule has 2 aliphatic heterocycles. The fraction of sp³-hybridized carbons (Fsp3) is 0.846. The molecule has 86 valence electrons. The van der Waals surface area contributed by atoms with Crippen molar-refractivity contribution in [3.8, 4) is 0 Å². The van der Waals surface area contributed by atoms with Gasteiger partial charge in [0.05, 0.1) is 5.60 Å². The number of allylic oxidation sites excluding steroid dienone is 1. The summed E-state index contributed by atoms with van der Waals surface area (Å²) in [6.07, 6.45) is 4.38. The number of nitrogens with zero attached hydrogens (tertiary/aromatic N) is 1. The van der Waals surface area contributed by atoms with E-state index in [0.717, 1.165) is 12.8 Å². The highest BCUT2D eigenvalue weighted by atomic mass is 16.3. The Balaban J connectivity index is 2.24. The van der Waals surface area contributed by atoms with Crippen LogP contribution in [-0.4, -0.2) is 34.7 Å². The minimum Gasteiger partial charge on any atom is -0.385 e. The maximum Gasteiger partial charge on any atom is 0.0886 e. The molecule has 2 unspecified atom stereocenters. The van der Waals surface area contributed by atoms with Crippen LogP contribution in [0.25, 0.3) is 0 Å². The van der Waals surface area contributed by atoms with Crippen LogP contribution in [0.1, 0.15) is 46.5 Å². The van der Waals surface area contributed by atoms with Crippen molar-refractivity contribution in [2.75, 3.05) is 7.05 Å². The molecule has 2 nitrogen and oxygen atoms in total. The lowest BCUT2D eigenvalue weighted by atomic mass is 9.79. The van der Waals surface area contributed by atoms with E-state index in [1.165, 1.54) is 24.0 Å². The number of fused-ring (bicyclic) bond motifs is 2. The van der Waals surface area contributed by atoms with Crippen LogP contribution in [0, 0.1) is 0 Å². The van der Waals surface area contributed by atoms with E-state index in [-0.39, 0.29) is 0 Å². The molecule has 2 heteroatoms. The lowest BCUT2D eigenvalue weighted by molar-refractivity contribution is -0.0169. The van der Waals surface area contributed by atoms with Crippen molar-refractivity contribution in [3.05, 3.63) is 11.1 Å². The van der Waals surface area contributed by atoms with Crippen molar-refractivity contribution in [2.45, 2.75) is 64.1 Å². The van der Waals surface area contributed by atoms with Gasteiger partial charge in [-0.25, -0.2) is 0 Å². The van der Waals surface area contributed by atoms with E-state index < -0.39 is 5.60 Å². The Morgan fingerprint density at radius 2 is 1.60 bits per heavy atom. The van der Waals surface area contributed by atoms with Gasteiger partial charge in [0.1, 0.15) is 0 Å². The second kappa shape index (κ2) is 3.60. The third kappa shape index (κ3) is 1.74. The Morgan fingerprint density at radius 1 is 1.13 bits per heavy atom. The van der Waals surface area contributed by atoms with Crippen LogP contribution in [0.3, 0.4) is 0 Å². The van der Waals surface area contributed by atoms with Gasteiger partial charge in [0.15, 0.2) is 0 Å². The third-order valence-corrected chi connectivity index (χ3v) is 4.58. The van der Waals surface area contributed by atoms with Crippen LogP contribution in [0.2, 0.25) is 0 Å². The van der Waals surface area contributed by atoms with Crippen LogP contribution in [0.5, 0.6) is 0 Å². The van der Waals surface area contributed by atoms with Gasteiger partial charge in [0, 0.05) is 12.1 Å². The topological polar surface area (TPSA) is 23.5 Å². The number of aliphatic hydroxyl groups is 1. The van der Waals surface area contributed by atoms with Gasteiger partial charge in [-0.2, -0.15) is 0 Å². The quantitative estimate of drug-likeness (QED) is 0.670. The first-order chi connectivity index (χ1) is 6.94. The van der Waals surface area contributed by atoms with Crippen LogP contribution in [-0.2, 0) is 0 Å². The van der Waals surface area contributed by atoms with Crippen molar-refractivity contribution in [1.82, 2.24) is 4.90 Å². The molecule has 2 rings (SSSR count). The number of rotatable bonds is 1. The highest BCUT2D eigenvalue weighted by molar-refractivity contribution is 5.23. The molecule has 2 atom stereocenters. The van der Waals surface area contributed by atoms with Gasteiger partial charge in [0.2, 0.25) is 0 Å². The monoisotopic (exact) mass is 209 g/mol. The highest BCUT2D eigenvalue weighted by Gasteiger charge is 2.46. The Labute approximate surface area is 93.0 Å². The minimum absolute atomic E-state index is 0.517. The number of piperidine rings is 1. The lowest BCUT2D eigenvalue weighted by Gasteiger charge is -2.43.